The summed E-state index contributed by atoms with van der Waals surface area (Å²) in [7, 11) is -1.88. The van der Waals surface area contributed by atoms with Crippen LogP contribution in [0.3, 0.4) is 0 Å². The Bertz CT molecular complexity index is 844. The molecule has 0 radical (unpaired) electrons. The van der Waals surface area contributed by atoms with Gasteiger partial charge in [0.15, 0.2) is 5.96 Å². The smallest absolute Gasteiger partial charge is 0.240 e. The summed E-state index contributed by atoms with van der Waals surface area (Å²) < 4.78 is 32.4. The fourth-order valence-electron chi connectivity index (χ4n) is 2.16. The number of rotatable bonds is 7. The van der Waals surface area contributed by atoms with Crippen molar-refractivity contribution >= 4 is 40.0 Å². The van der Waals surface area contributed by atoms with Gasteiger partial charge in [-0.3, -0.25) is 4.99 Å². The minimum absolute atomic E-state index is 0. The molecule has 1 aromatic heterocycles. The van der Waals surface area contributed by atoms with Crippen LogP contribution in [0.2, 0.25) is 0 Å². The fourth-order valence-corrected chi connectivity index (χ4v) is 3.19. The standard InChI is InChI=1S/C17H25N5O3S.HI/c1-12-5-7-15(8-6-12)26(23,24)21-10-9-19-17(18-4)20-11-16-22-13(2)14(3)25-16;/h5-8,21H,9-11H2,1-4H3,(H2,18,19,20);1H. The number of guanidine groups is 1. The molecule has 0 saturated heterocycles. The van der Waals surface area contributed by atoms with Crippen molar-refractivity contribution in [2.75, 3.05) is 20.1 Å². The largest absolute Gasteiger partial charge is 0.444 e. The molecule has 0 spiro atoms. The highest BCUT2D eigenvalue weighted by molar-refractivity contribution is 14.0. The van der Waals surface area contributed by atoms with Crippen molar-refractivity contribution in [3.05, 3.63) is 47.2 Å². The molecule has 0 aliphatic rings. The van der Waals surface area contributed by atoms with E-state index in [2.05, 4.69) is 25.3 Å². The highest BCUT2D eigenvalue weighted by Gasteiger charge is 2.12. The molecule has 1 heterocycles. The first-order valence-corrected chi connectivity index (χ1v) is 9.74. The average Bonchev–Trinajstić information content (AvgIpc) is 2.92. The van der Waals surface area contributed by atoms with Gasteiger partial charge < -0.3 is 15.1 Å². The van der Waals surface area contributed by atoms with Gasteiger partial charge in [-0.1, -0.05) is 17.7 Å². The summed E-state index contributed by atoms with van der Waals surface area (Å²) in [6.07, 6.45) is 0. The molecule has 150 valence electrons. The number of aryl methyl sites for hydroxylation is 3. The molecule has 1 aromatic carbocycles. The number of sulfonamides is 1. The van der Waals surface area contributed by atoms with E-state index in [1.807, 2.05) is 20.8 Å². The lowest BCUT2D eigenvalue weighted by Gasteiger charge is -2.11. The van der Waals surface area contributed by atoms with Gasteiger partial charge in [0.05, 0.1) is 17.1 Å². The normalized spacial score (nSPS) is 11.8. The highest BCUT2D eigenvalue weighted by Crippen LogP contribution is 2.09. The number of halogens is 1. The Balaban J connectivity index is 0.00000364. The molecule has 2 rings (SSSR count). The quantitative estimate of drug-likeness (QED) is 0.229. The number of benzene rings is 1. The Labute approximate surface area is 177 Å². The van der Waals surface area contributed by atoms with E-state index >= 15 is 0 Å². The van der Waals surface area contributed by atoms with E-state index in [0.29, 0.717) is 24.9 Å². The number of aliphatic imine (C=N–C) groups is 1. The summed E-state index contributed by atoms with van der Waals surface area (Å²) in [5.41, 5.74) is 1.87. The van der Waals surface area contributed by atoms with Crippen molar-refractivity contribution in [1.29, 1.82) is 0 Å². The van der Waals surface area contributed by atoms with Gasteiger partial charge in [0, 0.05) is 20.1 Å². The van der Waals surface area contributed by atoms with Gasteiger partial charge >= 0.3 is 0 Å². The Morgan fingerprint density at radius 2 is 1.78 bits per heavy atom. The molecule has 0 saturated carbocycles. The Morgan fingerprint density at radius 1 is 1.11 bits per heavy atom. The molecule has 0 aliphatic carbocycles. The number of oxazole rings is 1. The van der Waals surface area contributed by atoms with Crippen molar-refractivity contribution in [3.8, 4) is 0 Å². The van der Waals surface area contributed by atoms with Gasteiger partial charge in [0.25, 0.3) is 0 Å². The molecule has 0 amide bonds. The Kier molecular flexibility index (Phi) is 9.19. The van der Waals surface area contributed by atoms with Crippen LogP contribution in [0.15, 0.2) is 38.6 Å². The lowest BCUT2D eigenvalue weighted by Crippen LogP contribution is -2.41. The van der Waals surface area contributed by atoms with Gasteiger partial charge in [-0.15, -0.1) is 24.0 Å². The number of aromatic nitrogens is 1. The molecule has 0 unspecified atom stereocenters. The van der Waals surface area contributed by atoms with Crippen LogP contribution in [0.25, 0.3) is 0 Å². The van der Waals surface area contributed by atoms with E-state index in [9.17, 15) is 8.42 Å². The maximum atomic E-state index is 12.2. The number of hydrogen-bond acceptors (Lipinski definition) is 5. The zero-order valence-corrected chi connectivity index (χ0v) is 19.0. The summed E-state index contributed by atoms with van der Waals surface area (Å²) >= 11 is 0. The Hall–Kier alpha value is -1.66. The number of nitrogens with zero attached hydrogens (tertiary/aromatic N) is 2. The van der Waals surface area contributed by atoms with Crippen molar-refractivity contribution in [3.63, 3.8) is 0 Å². The molecule has 0 aliphatic heterocycles. The topological polar surface area (TPSA) is 109 Å². The minimum Gasteiger partial charge on any atom is -0.444 e. The van der Waals surface area contributed by atoms with Crippen molar-refractivity contribution in [2.24, 2.45) is 4.99 Å². The van der Waals surface area contributed by atoms with E-state index in [1.54, 1.807) is 31.3 Å². The first kappa shape index (κ1) is 23.4. The number of hydrogen-bond donors (Lipinski definition) is 3. The van der Waals surface area contributed by atoms with Crippen molar-refractivity contribution in [2.45, 2.75) is 32.2 Å². The average molecular weight is 507 g/mol. The molecule has 27 heavy (non-hydrogen) atoms. The van der Waals surface area contributed by atoms with Crippen LogP contribution < -0.4 is 15.4 Å². The molecular formula is C17H26IN5O3S. The molecule has 10 heteroatoms. The summed E-state index contributed by atoms with van der Waals surface area (Å²) in [6.45, 7) is 6.66. The summed E-state index contributed by atoms with van der Waals surface area (Å²) in [4.78, 5) is 8.61. The summed E-state index contributed by atoms with van der Waals surface area (Å²) in [6, 6.07) is 6.72. The van der Waals surface area contributed by atoms with Crippen molar-refractivity contribution in [1.82, 2.24) is 20.3 Å². The first-order chi connectivity index (χ1) is 12.3. The zero-order chi connectivity index (χ0) is 19.2. The zero-order valence-electron chi connectivity index (χ0n) is 15.9. The minimum atomic E-state index is -3.51. The highest BCUT2D eigenvalue weighted by atomic mass is 127. The second-order valence-electron chi connectivity index (χ2n) is 5.81. The summed E-state index contributed by atoms with van der Waals surface area (Å²) in [5.74, 6) is 1.89. The van der Waals surface area contributed by atoms with Crippen LogP contribution in [-0.2, 0) is 16.6 Å². The maximum Gasteiger partial charge on any atom is 0.240 e. The third-order valence-electron chi connectivity index (χ3n) is 3.74. The van der Waals surface area contributed by atoms with E-state index in [0.717, 1.165) is 17.0 Å². The van der Waals surface area contributed by atoms with E-state index in [4.69, 9.17) is 4.42 Å². The molecule has 3 N–H and O–H groups in total. The SMILES string of the molecule is CN=C(NCCNS(=O)(=O)c1ccc(C)cc1)NCc1nc(C)c(C)o1.I. The predicted molar refractivity (Wildman–Crippen MR) is 116 cm³/mol. The molecule has 0 bridgehead atoms. The maximum absolute atomic E-state index is 12.2. The van der Waals surface area contributed by atoms with Gasteiger partial charge in [-0.05, 0) is 32.9 Å². The first-order valence-electron chi connectivity index (χ1n) is 8.25. The second kappa shape index (κ2) is 10.6. The monoisotopic (exact) mass is 507 g/mol. The molecule has 0 fully saturated rings. The lowest BCUT2D eigenvalue weighted by atomic mass is 10.2. The molecular weight excluding hydrogens is 481 g/mol. The van der Waals surface area contributed by atoms with Crippen molar-refractivity contribution < 1.29 is 12.8 Å². The van der Waals surface area contributed by atoms with Crippen LogP contribution in [0, 0.1) is 20.8 Å². The Morgan fingerprint density at radius 3 is 2.33 bits per heavy atom. The second-order valence-corrected chi connectivity index (χ2v) is 7.58. The van der Waals surface area contributed by atoms with E-state index < -0.39 is 10.0 Å². The lowest BCUT2D eigenvalue weighted by molar-refractivity contribution is 0.464. The van der Waals surface area contributed by atoms with Crippen LogP contribution in [0.5, 0.6) is 0 Å². The molecule has 2 aromatic rings. The van der Waals surface area contributed by atoms with Crippen LogP contribution in [0.1, 0.15) is 22.9 Å². The van der Waals surface area contributed by atoms with Gasteiger partial charge in [-0.2, -0.15) is 0 Å². The van der Waals surface area contributed by atoms with Crippen LogP contribution in [-0.4, -0.2) is 39.5 Å². The van der Waals surface area contributed by atoms with E-state index in [-0.39, 0.29) is 35.4 Å². The van der Waals surface area contributed by atoms with Crippen LogP contribution in [0.4, 0.5) is 0 Å². The molecule has 0 atom stereocenters. The predicted octanol–water partition coefficient (Wildman–Crippen LogP) is 1.86. The summed E-state index contributed by atoms with van der Waals surface area (Å²) in [5, 5.41) is 6.10. The van der Waals surface area contributed by atoms with E-state index in [1.165, 1.54) is 0 Å². The molecule has 8 nitrogen and oxygen atoms in total. The fraction of sp³-hybridized carbons (Fsp3) is 0.412. The third-order valence-corrected chi connectivity index (χ3v) is 5.22. The van der Waals surface area contributed by atoms with Gasteiger partial charge in [0.1, 0.15) is 5.76 Å². The van der Waals surface area contributed by atoms with Gasteiger partial charge in [0.2, 0.25) is 15.9 Å². The van der Waals surface area contributed by atoms with Gasteiger partial charge in [-0.25, -0.2) is 18.1 Å². The number of nitrogens with one attached hydrogen (secondary N) is 3. The third kappa shape index (κ3) is 7.11. The van der Waals surface area contributed by atoms with Crippen LogP contribution >= 0.6 is 24.0 Å².